The van der Waals surface area contributed by atoms with Crippen molar-refractivity contribution in [1.82, 2.24) is 0 Å². The maximum absolute atomic E-state index is 2.38. The normalized spacial score (nSPS) is 19.1. The molecule has 0 N–H and O–H groups in total. The zero-order chi connectivity index (χ0) is 9.38. The van der Waals surface area contributed by atoms with Crippen LogP contribution in [0.1, 0.15) is 24.8 Å². The Balaban J connectivity index is 2.13. The summed E-state index contributed by atoms with van der Waals surface area (Å²) in [7, 11) is 0. The van der Waals surface area contributed by atoms with Gasteiger partial charge in [0.15, 0.2) is 0 Å². The van der Waals surface area contributed by atoms with Crippen molar-refractivity contribution in [3.63, 3.8) is 0 Å². The number of benzene rings is 1. The Kier molecular flexibility index (Phi) is 1.98. The molecule has 1 aliphatic carbocycles. The van der Waals surface area contributed by atoms with Crippen LogP contribution in [0.5, 0.6) is 0 Å². The predicted molar refractivity (Wildman–Crippen MR) is 62.2 cm³/mol. The van der Waals surface area contributed by atoms with Crippen LogP contribution in [0.25, 0.3) is 6.08 Å². The van der Waals surface area contributed by atoms with E-state index in [4.69, 9.17) is 0 Å². The maximum atomic E-state index is 2.38. The first-order valence-corrected chi connectivity index (χ1v) is 5.93. The van der Waals surface area contributed by atoms with E-state index in [0.29, 0.717) is 0 Å². The predicted octanol–water partition coefficient (Wildman–Crippen LogP) is 4.24. The molecular formula is C13H12S. The summed E-state index contributed by atoms with van der Waals surface area (Å²) < 4.78 is 0. The van der Waals surface area contributed by atoms with E-state index < -0.39 is 0 Å². The molecule has 0 radical (unpaired) electrons. The summed E-state index contributed by atoms with van der Waals surface area (Å²) in [4.78, 5) is 2.90. The lowest BCUT2D eigenvalue weighted by Gasteiger charge is -2.22. The fourth-order valence-electron chi connectivity index (χ4n) is 2.03. The number of hydrogen-bond donors (Lipinski definition) is 0. The van der Waals surface area contributed by atoms with Crippen molar-refractivity contribution in [1.29, 1.82) is 0 Å². The molecule has 0 aromatic heterocycles. The quantitative estimate of drug-likeness (QED) is 0.603. The second-order valence-electron chi connectivity index (χ2n) is 3.77. The van der Waals surface area contributed by atoms with E-state index in [-0.39, 0.29) is 0 Å². The molecule has 0 fully saturated rings. The van der Waals surface area contributed by atoms with Gasteiger partial charge in [0, 0.05) is 9.80 Å². The summed E-state index contributed by atoms with van der Waals surface area (Å²) >= 11 is 1.93. The molecule has 14 heavy (non-hydrogen) atoms. The molecule has 0 spiro atoms. The molecule has 1 heteroatoms. The molecule has 0 saturated carbocycles. The van der Waals surface area contributed by atoms with E-state index >= 15 is 0 Å². The molecule has 2 aliphatic rings. The summed E-state index contributed by atoms with van der Waals surface area (Å²) in [6, 6.07) is 8.66. The second-order valence-corrected chi connectivity index (χ2v) is 4.85. The average molecular weight is 200 g/mol. The Morgan fingerprint density at radius 2 is 2.07 bits per heavy atom. The molecule has 0 unspecified atom stereocenters. The third-order valence-electron chi connectivity index (χ3n) is 2.77. The standard InChI is InChI=1S/C13H12S/c1-3-7-12-10(5-1)9-11-6-2-4-8-13(11)14-12/h1,3,5,7-9H,2,4,6H2. The molecule has 0 atom stereocenters. The zero-order valence-electron chi connectivity index (χ0n) is 7.99. The van der Waals surface area contributed by atoms with E-state index in [1.54, 1.807) is 5.57 Å². The van der Waals surface area contributed by atoms with Crippen LogP contribution < -0.4 is 0 Å². The molecule has 1 aliphatic heterocycles. The van der Waals surface area contributed by atoms with E-state index in [2.05, 4.69) is 36.4 Å². The van der Waals surface area contributed by atoms with E-state index in [1.165, 1.54) is 34.6 Å². The summed E-state index contributed by atoms with van der Waals surface area (Å²) in [5.41, 5.74) is 2.94. The van der Waals surface area contributed by atoms with Crippen LogP contribution >= 0.6 is 11.8 Å². The van der Waals surface area contributed by atoms with Crippen LogP contribution in [0.3, 0.4) is 0 Å². The van der Waals surface area contributed by atoms with Crippen LogP contribution in [-0.2, 0) is 0 Å². The molecule has 0 bridgehead atoms. The Labute approximate surface area is 88.7 Å². The number of thioether (sulfide) groups is 1. The van der Waals surface area contributed by atoms with Gasteiger partial charge in [-0.2, -0.15) is 0 Å². The lowest BCUT2D eigenvalue weighted by molar-refractivity contribution is 0.819. The van der Waals surface area contributed by atoms with Crippen LogP contribution in [0, 0.1) is 0 Å². The van der Waals surface area contributed by atoms with E-state index in [0.717, 1.165) is 0 Å². The van der Waals surface area contributed by atoms with Crippen molar-refractivity contribution in [3.05, 3.63) is 46.4 Å². The maximum Gasteiger partial charge on any atom is 0.0194 e. The second kappa shape index (κ2) is 3.32. The summed E-state index contributed by atoms with van der Waals surface area (Å²) in [5.74, 6) is 0. The summed E-state index contributed by atoms with van der Waals surface area (Å²) in [6.45, 7) is 0. The molecule has 1 aromatic rings. The van der Waals surface area contributed by atoms with Crippen molar-refractivity contribution < 1.29 is 0 Å². The van der Waals surface area contributed by atoms with Crippen LogP contribution in [0.2, 0.25) is 0 Å². The van der Waals surface area contributed by atoms with Crippen molar-refractivity contribution >= 4 is 17.8 Å². The Hall–Kier alpha value is -0.950. The van der Waals surface area contributed by atoms with Gasteiger partial charge >= 0.3 is 0 Å². The Bertz CT molecular complexity index is 427. The van der Waals surface area contributed by atoms with Gasteiger partial charge in [-0.15, -0.1) is 0 Å². The van der Waals surface area contributed by atoms with Crippen molar-refractivity contribution in [3.8, 4) is 0 Å². The first-order valence-electron chi connectivity index (χ1n) is 5.11. The largest absolute Gasteiger partial charge is 0.0895 e. The third kappa shape index (κ3) is 1.32. The van der Waals surface area contributed by atoms with Gasteiger partial charge in [0.1, 0.15) is 0 Å². The van der Waals surface area contributed by atoms with Gasteiger partial charge < -0.3 is 0 Å². The lowest BCUT2D eigenvalue weighted by Crippen LogP contribution is -1.98. The SMILES string of the molecule is C1=C2CCCC=C2Sc2ccccc21. The molecule has 1 aromatic carbocycles. The van der Waals surface area contributed by atoms with Gasteiger partial charge in [0.05, 0.1) is 0 Å². The molecule has 0 nitrogen and oxygen atoms in total. The molecular weight excluding hydrogens is 188 g/mol. The van der Waals surface area contributed by atoms with Gasteiger partial charge in [0.25, 0.3) is 0 Å². The Morgan fingerprint density at radius 3 is 3.07 bits per heavy atom. The van der Waals surface area contributed by atoms with Crippen molar-refractivity contribution in [2.24, 2.45) is 0 Å². The highest BCUT2D eigenvalue weighted by Crippen LogP contribution is 2.43. The van der Waals surface area contributed by atoms with Gasteiger partial charge in [0.2, 0.25) is 0 Å². The van der Waals surface area contributed by atoms with E-state index in [9.17, 15) is 0 Å². The molecule has 0 saturated heterocycles. The molecule has 1 heterocycles. The highest BCUT2D eigenvalue weighted by atomic mass is 32.2. The van der Waals surface area contributed by atoms with Crippen molar-refractivity contribution in [2.75, 3.05) is 0 Å². The third-order valence-corrected chi connectivity index (χ3v) is 4.01. The Morgan fingerprint density at radius 1 is 1.14 bits per heavy atom. The van der Waals surface area contributed by atoms with Crippen LogP contribution in [-0.4, -0.2) is 0 Å². The highest BCUT2D eigenvalue weighted by molar-refractivity contribution is 8.03. The molecule has 0 amide bonds. The van der Waals surface area contributed by atoms with Gasteiger partial charge in [-0.25, -0.2) is 0 Å². The summed E-state index contributed by atoms with van der Waals surface area (Å²) in [5, 5.41) is 0. The van der Waals surface area contributed by atoms with Crippen LogP contribution in [0.15, 0.2) is 45.7 Å². The minimum atomic E-state index is 1.25. The topological polar surface area (TPSA) is 0 Å². The van der Waals surface area contributed by atoms with Crippen LogP contribution in [0.4, 0.5) is 0 Å². The first-order chi connectivity index (χ1) is 6.93. The summed E-state index contributed by atoms with van der Waals surface area (Å²) in [6.07, 6.45) is 8.57. The number of allylic oxidation sites excluding steroid dienone is 2. The van der Waals surface area contributed by atoms with Gasteiger partial charge in [-0.3, -0.25) is 0 Å². The van der Waals surface area contributed by atoms with Gasteiger partial charge in [-0.05, 0) is 42.5 Å². The fourth-order valence-corrected chi connectivity index (χ4v) is 3.15. The number of rotatable bonds is 0. The first kappa shape index (κ1) is 8.37. The monoisotopic (exact) mass is 200 g/mol. The van der Waals surface area contributed by atoms with E-state index in [1.807, 2.05) is 11.8 Å². The van der Waals surface area contributed by atoms with Crippen molar-refractivity contribution in [2.45, 2.75) is 24.2 Å². The minimum absolute atomic E-state index is 1.25. The highest BCUT2D eigenvalue weighted by Gasteiger charge is 2.17. The molecule has 3 rings (SSSR count). The number of fused-ring (bicyclic) bond motifs is 2. The van der Waals surface area contributed by atoms with Gasteiger partial charge in [-0.1, -0.05) is 36.0 Å². The average Bonchev–Trinajstić information content (AvgIpc) is 2.26. The smallest absolute Gasteiger partial charge is 0.0194 e. The fraction of sp³-hybridized carbons (Fsp3) is 0.231. The minimum Gasteiger partial charge on any atom is -0.0895 e. The molecule has 70 valence electrons. The lowest BCUT2D eigenvalue weighted by atomic mass is 9.99. The zero-order valence-corrected chi connectivity index (χ0v) is 8.81. The number of hydrogen-bond acceptors (Lipinski definition) is 1.